The van der Waals surface area contributed by atoms with Crippen molar-refractivity contribution in [1.29, 1.82) is 0 Å². The van der Waals surface area contributed by atoms with E-state index in [4.69, 9.17) is 18.9 Å². The van der Waals surface area contributed by atoms with Gasteiger partial charge in [-0.1, -0.05) is 45.5 Å². The van der Waals surface area contributed by atoms with Gasteiger partial charge in [0.1, 0.15) is 5.75 Å². The smallest absolute Gasteiger partial charge is 0.338 e. The lowest BCUT2D eigenvalue weighted by molar-refractivity contribution is -0.139. The summed E-state index contributed by atoms with van der Waals surface area (Å²) in [5, 5.41) is 0. The zero-order valence-corrected chi connectivity index (χ0v) is 23.8. The lowest BCUT2D eigenvalue weighted by Gasteiger charge is -2.26. The Morgan fingerprint density at radius 2 is 1.82 bits per heavy atom. The van der Waals surface area contributed by atoms with E-state index >= 15 is 0 Å². The lowest BCUT2D eigenvalue weighted by atomic mass is 9.95. The highest BCUT2D eigenvalue weighted by molar-refractivity contribution is 9.10. The summed E-state index contributed by atoms with van der Waals surface area (Å²) >= 11 is 4.75. The summed E-state index contributed by atoms with van der Waals surface area (Å²) in [5.74, 6) is 0.195. The van der Waals surface area contributed by atoms with Crippen LogP contribution in [-0.2, 0) is 14.3 Å². The molecule has 0 saturated carbocycles. The number of aromatic nitrogens is 1. The molecule has 4 rings (SSSR count). The van der Waals surface area contributed by atoms with Gasteiger partial charge in [0.05, 0.1) is 42.7 Å². The van der Waals surface area contributed by atoms with Crippen LogP contribution in [0.2, 0.25) is 0 Å². The van der Waals surface area contributed by atoms with Crippen LogP contribution >= 0.6 is 27.3 Å². The Labute approximate surface area is 230 Å². The minimum Gasteiger partial charge on any atom is -0.493 e. The molecule has 0 amide bonds. The predicted molar refractivity (Wildman–Crippen MR) is 145 cm³/mol. The number of hydrogen-bond acceptors (Lipinski definition) is 9. The van der Waals surface area contributed by atoms with Gasteiger partial charge in [0, 0.05) is 17.0 Å². The number of allylic oxidation sites excluding steroid dienone is 1. The number of hydrogen-bond donors (Lipinski definition) is 0. The van der Waals surface area contributed by atoms with E-state index in [1.807, 2.05) is 0 Å². The maximum atomic E-state index is 13.9. The number of esters is 2. The standard InChI is InChI=1S/C27H25BrN2O7S/c1-6-36-26(33)23-14(2)29-27-30(24(23)17-12-20(34-4)21(35-5)13-18(17)28)25(32)22(38-27)11-16-9-7-8-10-19(16)37-15(3)31/h7-13,24H,6H2,1-5H3/b22-11-/t24-/m1/s1. The minimum absolute atomic E-state index is 0.160. The highest BCUT2D eigenvalue weighted by Gasteiger charge is 2.35. The molecule has 38 heavy (non-hydrogen) atoms. The maximum Gasteiger partial charge on any atom is 0.338 e. The molecular formula is C27H25BrN2O7S. The molecule has 0 fully saturated rings. The van der Waals surface area contributed by atoms with Gasteiger partial charge < -0.3 is 18.9 Å². The number of fused-ring (bicyclic) bond motifs is 1. The number of methoxy groups -OCH3 is 2. The third kappa shape index (κ3) is 5.16. The van der Waals surface area contributed by atoms with Gasteiger partial charge in [-0.15, -0.1) is 0 Å². The van der Waals surface area contributed by atoms with Crippen molar-refractivity contribution in [3.63, 3.8) is 0 Å². The van der Waals surface area contributed by atoms with Gasteiger partial charge in [-0.25, -0.2) is 9.79 Å². The molecule has 0 unspecified atom stereocenters. The van der Waals surface area contributed by atoms with Crippen LogP contribution in [0.4, 0.5) is 0 Å². The fourth-order valence-corrected chi connectivity index (χ4v) is 5.73. The Bertz CT molecular complexity index is 1640. The van der Waals surface area contributed by atoms with Gasteiger partial charge in [-0.2, -0.15) is 0 Å². The monoisotopic (exact) mass is 600 g/mol. The number of benzene rings is 2. The summed E-state index contributed by atoms with van der Waals surface area (Å²) in [6.07, 6.45) is 1.65. The van der Waals surface area contributed by atoms with E-state index in [1.165, 1.54) is 37.0 Å². The highest BCUT2D eigenvalue weighted by atomic mass is 79.9. The Kier molecular flexibility index (Phi) is 8.17. The Morgan fingerprint density at radius 3 is 2.47 bits per heavy atom. The topological polar surface area (TPSA) is 105 Å². The van der Waals surface area contributed by atoms with E-state index in [9.17, 15) is 14.4 Å². The number of rotatable bonds is 7. The first kappa shape index (κ1) is 27.3. The summed E-state index contributed by atoms with van der Waals surface area (Å²) in [4.78, 5) is 43.6. The molecule has 0 radical (unpaired) electrons. The van der Waals surface area contributed by atoms with Gasteiger partial charge >= 0.3 is 11.9 Å². The van der Waals surface area contributed by atoms with Gasteiger partial charge in [0.15, 0.2) is 16.3 Å². The second-order valence-electron chi connectivity index (χ2n) is 8.16. The summed E-state index contributed by atoms with van der Waals surface area (Å²) < 4.78 is 24.0. The average molecular weight is 601 g/mol. The normalized spacial score (nSPS) is 15.0. The second kappa shape index (κ2) is 11.4. The first-order valence-corrected chi connectivity index (χ1v) is 13.2. The molecule has 1 aliphatic heterocycles. The maximum absolute atomic E-state index is 13.9. The van der Waals surface area contributed by atoms with Gasteiger partial charge in [-0.05, 0) is 43.7 Å². The zero-order valence-electron chi connectivity index (χ0n) is 21.4. The van der Waals surface area contributed by atoms with Crippen molar-refractivity contribution in [3.8, 4) is 17.2 Å². The summed E-state index contributed by atoms with van der Waals surface area (Å²) in [7, 11) is 3.03. The largest absolute Gasteiger partial charge is 0.493 e. The van der Waals surface area contributed by atoms with E-state index in [0.717, 1.165) is 0 Å². The average Bonchev–Trinajstić information content (AvgIpc) is 3.18. The fourth-order valence-electron chi connectivity index (χ4n) is 4.15. The van der Waals surface area contributed by atoms with Crippen molar-refractivity contribution in [3.05, 3.63) is 83.0 Å². The zero-order chi connectivity index (χ0) is 27.6. The predicted octanol–water partition coefficient (Wildman–Crippen LogP) is 3.50. The molecule has 0 bridgehead atoms. The molecule has 9 nitrogen and oxygen atoms in total. The Hall–Kier alpha value is -3.70. The van der Waals surface area contributed by atoms with Crippen molar-refractivity contribution in [2.45, 2.75) is 26.8 Å². The van der Waals surface area contributed by atoms with Crippen LogP contribution in [0.1, 0.15) is 37.9 Å². The van der Waals surface area contributed by atoms with Crippen molar-refractivity contribution in [2.75, 3.05) is 20.8 Å². The minimum atomic E-state index is -0.856. The van der Waals surface area contributed by atoms with Crippen LogP contribution < -0.4 is 29.1 Å². The summed E-state index contributed by atoms with van der Waals surface area (Å²) in [6, 6.07) is 9.50. The molecule has 0 spiro atoms. The van der Waals surface area contributed by atoms with Crippen LogP contribution in [0.5, 0.6) is 17.2 Å². The molecule has 1 aromatic heterocycles. The molecule has 1 atom stereocenters. The molecule has 2 aromatic carbocycles. The van der Waals surface area contributed by atoms with Gasteiger partial charge in [0.2, 0.25) is 0 Å². The number of nitrogens with zero attached hydrogens (tertiary/aromatic N) is 2. The van der Waals surface area contributed by atoms with Crippen LogP contribution in [0.3, 0.4) is 0 Å². The van der Waals surface area contributed by atoms with Crippen LogP contribution in [-0.4, -0.2) is 37.3 Å². The first-order chi connectivity index (χ1) is 18.2. The molecule has 198 valence electrons. The number of halogens is 1. The van der Waals surface area contributed by atoms with E-state index < -0.39 is 18.0 Å². The number of thiazole rings is 1. The highest BCUT2D eigenvalue weighted by Crippen LogP contribution is 2.40. The summed E-state index contributed by atoms with van der Waals surface area (Å²) in [6.45, 7) is 4.89. The number of carbonyl (C=O) groups is 2. The van der Waals surface area contributed by atoms with E-state index in [1.54, 1.807) is 56.3 Å². The molecule has 11 heteroatoms. The van der Waals surface area contributed by atoms with Crippen molar-refractivity contribution >= 4 is 45.3 Å². The van der Waals surface area contributed by atoms with Crippen LogP contribution in [0.15, 0.2) is 61.9 Å². The van der Waals surface area contributed by atoms with Crippen molar-refractivity contribution in [1.82, 2.24) is 4.57 Å². The quantitative estimate of drug-likeness (QED) is 0.302. The van der Waals surface area contributed by atoms with E-state index in [0.29, 0.717) is 47.9 Å². The SMILES string of the molecule is CCOC(=O)C1=C(C)N=c2s/c(=C\c3ccccc3OC(C)=O)c(=O)n2[C@@H]1c1cc(OC)c(OC)cc1Br. The second-order valence-corrected chi connectivity index (χ2v) is 10.0. The van der Waals surface area contributed by atoms with Crippen LogP contribution in [0.25, 0.3) is 6.08 Å². The van der Waals surface area contributed by atoms with E-state index in [-0.39, 0.29) is 17.7 Å². The number of para-hydroxylation sites is 1. The molecule has 3 aromatic rings. The number of carbonyl (C=O) groups excluding carboxylic acids is 2. The van der Waals surface area contributed by atoms with E-state index in [2.05, 4.69) is 20.9 Å². The molecule has 0 aliphatic carbocycles. The summed E-state index contributed by atoms with van der Waals surface area (Å²) in [5.41, 5.74) is 1.45. The molecule has 0 N–H and O–H groups in total. The molecule has 1 aliphatic rings. The fraction of sp³-hybridized carbons (Fsp3) is 0.259. The van der Waals surface area contributed by atoms with Crippen molar-refractivity contribution < 1.29 is 28.5 Å². The Morgan fingerprint density at radius 1 is 1.13 bits per heavy atom. The third-order valence-electron chi connectivity index (χ3n) is 5.77. The third-order valence-corrected chi connectivity index (χ3v) is 7.44. The first-order valence-electron chi connectivity index (χ1n) is 11.6. The van der Waals surface area contributed by atoms with Crippen molar-refractivity contribution in [2.24, 2.45) is 4.99 Å². The van der Waals surface area contributed by atoms with Crippen LogP contribution in [0, 0.1) is 0 Å². The Balaban J connectivity index is 2.00. The number of ether oxygens (including phenoxy) is 4. The molecule has 0 saturated heterocycles. The lowest BCUT2D eigenvalue weighted by Crippen LogP contribution is -2.40. The molecular weight excluding hydrogens is 576 g/mol. The molecule has 2 heterocycles. The van der Waals surface area contributed by atoms with Gasteiger partial charge in [0.25, 0.3) is 5.56 Å². The van der Waals surface area contributed by atoms with Gasteiger partial charge in [-0.3, -0.25) is 14.2 Å².